The number of amidine groups is 1. The summed E-state index contributed by atoms with van der Waals surface area (Å²) >= 11 is 1.91. The number of nitrogens with one attached hydrogen (secondary N) is 1. The molecule has 1 fully saturated rings. The van der Waals surface area contributed by atoms with Crippen molar-refractivity contribution in [1.82, 2.24) is 5.32 Å². The molecule has 3 heteroatoms. The van der Waals surface area contributed by atoms with Gasteiger partial charge in [-0.25, -0.2) is 0 Å². The van der Waals surface area contributed by atoms with Crippen LogP contribution in [0.15, 0.2) is 4.99 Å². The minimum Gasteiger partial charge on any atom is -0.362 e. The van der Waals surface area contributed by atoms with Crippen LogP contribution < -0.4 is 5.32 Å². The van der Waals surface area contributed by atoms with Crippen molar-refractivity contribution in [2.24, 2.45) is 22.7 Å². The van der Waals surface area contributed by atoms with Crippen molar-refractivity contribution in [3.05, 3.63) is 0 Å². The van der Waals surface area contributed by atoms with Crippen molar-refractivity contribution in [3.63, 3.8) is 0 Å². The Morgan fingerprint density at radius 3 is 2.29 bits per heavy atom. The second kappa shape index (κ2) is 5.64. The number of rotatable bonds is 1. The Bertz CT molecular complexity index is 280. The van der Waals surface area contributed by atoms with E-state index in [0.29, 0.717) is 12.1 Å². The van der Waals surface area contributed by atoms with Gasteiger partial charge in [0.05, 0.1) is 6.04 Å². The first-order valence-electron chi connectivity index (χ1n) is 7.01. The van der Waals surface area contributed by atoms with E-state index < -0.39 is 0 Å². The molecule has 2 rings (SSSR count). The van der Waals surface area contributed by atoms with Crippen molar-refractivity contribution in [2.45, 2.75) is 59.0 Å². The van der Waals surface area contributed by atoms with Crippen LogP contribution >= 0.6 is 11.8 Å². The molecule has 1 saturated carbocycles. The summed E-state index contributed by atoms with van der Waals surface area (Å²) in [6.07, 6.45) is 4.02. The van der Waals surface area contributed by atoms with Gasteiger partial charge in [0.15, 0.2) is 5.17 Å². The third-order valence-corrected chi connectivity index (χ3v) is 5.32. The van der Waals surface area contributed by atoms with E-state index in [1.807, 2.05) is 11.8 Å². The fourth-order valence-electron chi connectivity index (χ4n) is 3.02. The summed E-state index contributed by atoms with van der Waals surface area (Å²) in [5.74, 6) is 3.66. The maximum absolute atomic E-state index is 4.78. The standard InChI is InChI=1S/C14H26N2S/c1-9-5-10(2)7-13(6-9)16-14-15-12(4)11(3)8-17-14/h9-13H,5-8H2,1-4H3,(H,15,16). The van der Waals surface area contributed by atoms with Gasteiger partial charge in [-0.3, -0.25) is 4.99 Å². The monoisotopic (exact) mass is 254 g/mol. The van der Waals surface area contributed by atoms with E-state index in [-0.39, 0.29) is 0 Å². The first-order chi connectivity index (χ1) is 8.04. The van der Waals surface area contributed by atoms with Crippen molar-refractivity contribution >= 4 is 16.9 Å². The first kappa shape index (κ1) is 13.3. The molecule has 4 unspecified atom stereocenters. The van der Waals surface area contributed by atoms with Gasteiger partial charge in [-0.15, -0.1) is 0 Å². The summed E-state index contributed by atoms with van der Waals surface area (Å²) in [5, 5.41) is 4.88. The molecule has 2 nitrogen and oxygen atoms in total. The predicted octanol–water partition coefficient (Wildman–Crippen LogP) is 3.53. The van der Waals surface area contributed by atoms with E-state index in [4.69, 9.17) is 4.99 Å². The van der Waals surface area contributed by atoms with E-state index in [1.54, 1.807) is 0 Å². The predicted molar refractivity (Wildman–Crippen MR) is 77.6 cm³/mol. The second-order valence-electron chi connectivity index (χ2n) is 6.22. The SMILES string of the molecule is CC1CC(C)CC(NC2=NC(C)C(C)CS2)C1. The molecule has 98 valence electrons. The Morgan fingerprint density at radius 2 is 1.71 bits per heavy atom. The second-order valence-corrected chi connectivity index (χ2v) is 7.23. The van der Waals surface area contributed by atoms with Crippen LogP contribution in [0.1, 0.15) is 47.0 Å². The van der Waals surface area contributed by atoms with Crippen LogP contribution in [0.25, 0.3) is 0 Å². The van der Waals surface area contributed by atoms with Crippen LogP contribution in [0, 0.1) is 17.8 Å². The number of aliphatic imine (C=N–C) groups is 1. The van der Waals surface area contributed by atoms with E-state index >= 15 is 0 Å². The topological polar surface area (TPSA) is 24.4 Å². The van der Waals surface area contributed by atoms with E-state index in [9.17, 15) is 0 Å². The van der Waals surface area contributed by atoms with Gasteiger partial charge in [-0.2, -0.15) is 0 Å². The Balaban J connectivity index is 1.90. The van der Waals surface area contributed by atoms with Crippen molar-refractivity contribution in [3.8, 4) is 0 Å². The molecule has 0 bridgehead atoms. The molecule has 0 radical (unpaired) electrons. The molecule has 0 spiro atoms. The number of hydrogen-bond acceptors (Lipinski definition) is 3. The molecular formula is C14H26N2S. The van der Waals surface area contributed by atoms with Crippen molar-refractivity contribution < 1.29 is 0 Å². The summed E-state index contributed by atoms with van der Waals surface area (Å²) in [4.78, 5) is 4.78. The van der Waals surface area contributed by atoms with Gasteiger partial charge in [-0.05, 0) is 43.9 Å². The molecule has 0 aromatic carbocycles. The molecular weight excluding hydrogens is 228 g/mol. The molecule has 1 N–H and O–H groups in total. The molecule has 0 saturated heterocycles. The van der Waals surface area contributed by atoms with Gasteiger partial charge >= 0.3 is 0 Å². The maximum Gasteiger partial charge on any atom is 0.157 e. The Morgan fingerprint density at radius 1 is 1.06 bits per heavy atom. The molecule has 0 aromatic rings. The van der Waals surface area contributed by atoms with E-state index in [0.717, 1.165) is 17.8 Å². The van der Waals surface area contributed by atoms with Gasteiger partial charge in [0.25, 0.3) is 0 Å². The fourth-order valence-corrected chi connectivity index (χ4v) is 4.21. The van der Waals surface area contributed by atoms with Crippen LogP contribution in [-0.2, 0) is 0 Å². The number of thioether (sulfide) groups is 1. The van der Waals surface area contributed by atoms with Gasteiger partial charge < -0.3 is 5.32 Å². The lowest BCUT2D eigenvalue weighted by molar-refractivity contribution is 0.256. The summed E-state index contributed by atoms with van der Waals surface area (Å²) in [5.41, 5.74) is 0. The van der Waals surface area contributed by atoms with Crippen molar-refractivity contribution in [1.29, 1.82) is 0 Å². The zero-order valence-corrected chi connectivity index (χ0v) is 12.4. The molecule has 1 aliphatic carbocycles. The molecule has 1 heterocycles. The third-order valence-electron chi connectivity index (χ3n) is 4.13. The van der Waals surface area contributed by atoms with E-state index in [2.05, 4.69) is 33.0 Å². The highest BCUT2D eigenvalue weighted by Crippen LogP contribution is 2.30. The smallest absolute Gasteiger partial charge is 0.157 e. The lowest BCUT2D eigenvalue weighted by Gasteiger charge is -2.34. The Hall–Kier alpha value is -0.180. The van der Waals surface area contributed by atoms with Crippen LogP contribution in [0.2, 0.25) is 0 Å². The molecule has 4 atom stereocenters. The Kier molecular flexibility index (Phi) is 4.40. The van der Waals surface area contributed by atoms with Gasteiger partial charge in [-0.1, -0.05) is 32.5 Å². The normalized spacial score (nSPS) is 43.1. The van der Waals surface area contributed by atoms with Crippen molar-refractivity contribution in [2.75, 3.05) is 5.75 Å². The molecule has 17 heavy (non-hydrogen) atoms. The zero-order valence-electron chi connectivity index (χ0n) is 11.6. The quantitative estimate of drug-likeness (QED) is 0.774. The van der Waals surface area contributed by atoms with E-state index in [1.165, 1.54) is 30.2 Å². The summed E-state index contributed by atoms with van der Waals surface area (Å²) in [7, 11) is 0. The number of nitrogens with zero attached hydrogens (tertiary/aromatic N) is 1. The van der Waals surface area contributed by atoms with Crippen LogP contribution in [0.4, 0.5) is 0 Å². The zero-order chi connectivity index (χ0) is 12.4. The number of hydrogen-bond donors (Lipinski definition) is 1. The molecule has 0 aromatic heterocycles. The molecule has 0 amide bonds. The lowest BCUT2D eigenvalue weighted by atomic mass is 9.80. The minimum atomic E-state index is 0.484. The highest BCUT2D eigenvalue weighted by molar-refractivity contribution is 8.13. The fraction of sp³-hybridized carbons (Fsp3) is 0.929. The average Bonchev–Trinajstić information content (AvgIpc) is 2.22. The Labute approximate surface area is 110 Å². The highest BCUT2D eigenvalue weighted by Gasteiger charge is 2.26. The van der Waals surface area contributed by atoms with Crippen LogP contribution in [-0.4, -0.2) is 23.0 Å². The molecule has 2 aliphatic rings. The summed E-state index contributed by atoms with van der Waals surface area (Å²) in [6.45, 7) is 9.29. The van der Waals surface area contributed by atoms with Gasteiger partial charge in [0, 0.05) is 11.8 Å². The summed E-state index contributed by atoms with van der Waals surface area (Å²) in [6, 6.07) is 1.14. The summed E-state index contributed by atoms with van der Waals surface area (Å²) < 4.78 is 0. The van der Waals surface area contributed by atoms with Crippen LogP contribution in [0.5, 0.6) is 0 Å². The minimum absolute atomic E-state index is 0.484. The maximum atomic E-state index is 4.78. The first-order valence-corrected chi connectivity index (χ1v) is 8.00. The van der Waals surface area contributed by atoms with Gasteiger partial charge in [0.2, 0.25) is 0 Å². The largest absolute Gasteiger partial charge is 0.362 e. The average molecular weight is 254 g/mol. The highest BCUT2D eigenvalue weighted by atomic mass is 32.2. The van der Waals surface area contributed by atoms with Crippen LogP contribution in [0.3, 0.4) is 0 Å². The molecule has 1 aliphatic heterocycles. The lowest BCUT2D eigenvalue weighted by Crippen LogP contribution is -2.41. The van der Waals surface area contributed by atoms with Gasteiger partial charge in [0.1, 0.15) is 0 Å². The third kappa shape index (κ3) is 3.64.